The smallest absolute Gasteiger partial charge is 0.0410 e. The Bertz CT molecular complexity index is 469. The van der Waals surface area contributed by atoms with Crippen LogP contribution in [0, 0.1) is 6.92 Å². The minimum Gasteiger partial charge on any atom is -0.381 e. The molecule has 2 aromatic rings. The summed E-state index contributed by atoms with van der Waals surface area (Å²) in [6, 6.07) is 9.84. The first kappa shape index (κ1) is 11.0. The van der Waals surface area contributed by atoms with Gasteiger partial charge in [0.15, 0.2) is 0 Å². The van der Waals surface area contributed by atoms with Gasteiger partial charge in [-0.3, -0.25) is 4.98 Å². The molecule has 0 aliphatic heterocycles. The standard InChI is InChI=1S/C13H13ClN2/c1-10-8-12(14)2-3-13(10)16-9-11-4-6-15-7-5-11/h2-8,16H,9H2,1H3. The van der Waals surface area contributed by atoms with E-state index in [2.05, 4.69) is 10.3 Å². The maximum atomic E-state index is 5.90. The number of benzene rings is 1. The summed E-state index contributed by atoms with van der Waals surface area (Å²) in [6.07, 6.45) is 3.59. The Morgan fingerprint density at radius 1 is 1.19 bits per heavy atom. The van der Waals surface area contributed by atoms with Gasteiger partial charge < -0.3 is 5.32 Å². The summed E-state index contributed by atoms with van der Waals surface area (Å²) in [7, 11) is 0. The normalized spacial score (nSPS) is 10.1. The third-order valence-electron chi connectivity index (χ3n) is 2.42. The predicted octanol–water partition coefficient (Wildman–Crippen LogP) is 3.66. The molecule has 0 saturated carbocycles. The van der Waals surface area contributed by atoms with Crippen LogP contribution in [0.5, 0.6) is 0 Å². The second-order valence-electron chi connectivity index (χ2n) is 3.67. The Hall–Kier alpha value is -1.54. The molecular formula is C13H13ClN2. The molecule has 82 valence electrons. The highest BCUT2D eigenvalue weighted by Crippen LogP contribution is 2.20. The van der Waals surface area contributed by atoms with Crippen molar-refractivity contribution >= 4 is 17.3 Å². The van der Waals surface area contributed by atoms with Crippen molar-refractivity contribution in [2.45, 2.75) is 13.5 Å². The quantitative estimate of drug-likeness (QED) is 0.874. The molecule has 0 saturated heterocycles. The van der Waals surface area contributed by atoms with E-state index in [-0.39, 0.29) is 0 Å². The first-order chi connectivity index (χ1) is 7.75. The second kappa shape index (κ2) is 4.99. The van der Waals surface area contributed by atoms with Crippen molar-refractivity contribution < 1.29 is 0 Å². The number of aryl methyl sites for hydroxylation is 1. The van der Waals surface area contributed by atoms with Crippen molar-refractivity contribution in [3.05, 3.63) is 58.9 Å². The van der Waals surface area contributed by atoms with Crippen LogP contribution in [0.2, 0.25) is 5.02 Å². The zero-order valence-electron chi connectivity index (χ0n) is 9.07. The monoisotopic (exact) mass is 232 g/mol. The highest BCUT2D eigenvalue weighted by molar-refractivity contribution is 6.30. The molecule has 0 fully saturated rings. The molecular weight excluding hydrogens is 220 g/mol. The Morgan fingerprint density at radius 3 is 2.62 bits per heavy atom. The molecule has 0 aliphatic rings. The Balaban J connectivity index is 2.05. The van der Waals surface area contributed by atoms with Gasteiger partial charge in [-0.25, -0.2) is 0 Å². The number of rotatable bonds is 3. The van der Waals surface area contributed by atoms with Crippen LogP contribution in [-0.4, -0.2) is 4.98 Å². The summed E-state index contributed by atoms with van der Waals surface area (Å²) in [5.41, 5.74) is 3.48. The molecule has 0 amide bonds. The Labute approximate surface area is 100 Å². The van der Waals surface area contributed by atoms with Crippen molar-refractivity contribution in [2.24, 2.45) is 0 Å². The van der Waals surface area contributed by atoms with Crippen molar-refractivity contribution in [1.29, 1.82) is 0 Å². The van der Waals surface area contributed by atoms with E-state index in [0.29, 0.717) is 0 Å². The van der Waals surface area contributed by atoms with Crippen LogP contribution >= 0.6 is 11.6 Å². The van der Waals surface area contributed by atoms with Crippen LogP contribution in [0.25, 0.3) is 0 Å². The molecule has 2 rings (SSSR count). The van der Waals surface area contributed by atoms with Gasteiger partial charge in [-0.1, -0.05) is 11.6 Å². The molecule has 0 spiro atoms. The molecule has 0 unspecified atom stereocenters. The lowest BCUT2D eigenvalue weighted by Gasteiger charge is -2.09. The molecule has 1 N–H and O–H groups in total. The van der Waals surface area contributed by atoms with Crippen LogP contribution in [0.4, 0.5) is 5.69 Å². The van der Waals surface area contributed by atoms with Crippen molar-refractivity contribution in [3.63, 3.8) is 0 Å². The first-order valence-electron chi connectivity index (χ1n) is 5.14. The second-order valence-corrected chi connectivity index (χ2v) is 4.10. The van der Waals surface area contributed by atoms with Crippen LogP contribution in [0.1, 0.15) is 11.1 Å². The number of hydrogen-bond acceptors (Lipinski definition) is 2. The molecule has 0 radical (unpaired) electrons. The van der Waals surface area contributed by atoms with Crippen molar-refractivity contribution in [1.82, 2.24) is 4.98 Å². The summed E-state index contributed by atoms with van der Waals surface area (Å²) >= 11 is 5.90. The molecule has 1 aromatic carbocycles. The maximum Gasteiger partial charge on any atom is 0.0410 e. The van der Waals surface area contributed by atoms with E-state index in [9.17, 15) is 0 Å². The summed E-state index contributed by atoms with van der Waals surface area (Å²) in [5.74, 6) is 0. The zero-order valence-corrected chi connectivity index (χ0v) is 9.83. The van der Waals surface area contributed by atoms with Crippen LogP contribution in [0.3, 0.4) is 0 Å². The molecule has 0 atom stereocenters. The van der Waals surface area contributed by atoms with Gasteiger partial charge in [-0.2, -0.15) is 0 Å². The summed E-state index contributed by atoms with van der Waals surface area (Å²) < 4.78 is 0. The summed E-state index contributed by atoms with van der Waals surface area (Å²) in [6.45, 7) is 2.84. The van der Waals surface area contributed by atoms with E-state index >= 15 is 0 Å². The highest BCUT2D eigenvalue weighted by Gasteiger charge is 1.98. The number of aromatic nitrogens is 1. The molecule has 16 heavy (non-hydrogen) atoms. The van der Waals surface area contributed by atoms with E-state index in [1.807, 2.05) is 37.3 Å². The molecule has 3 heteroatoms. The van der Waals surface area contributed by atoms with E-state index in [1.165, 1.54) is 5.56 Å². The number of hydrogen-bond donors (Lipinski definition) is 1. The van der Waals surface area contributed by atoms with Crippen LogP contribution in [0.15, 0.2) is 42.7 Å². The number of anilines is 1. The van der Waals surface area contributed by atoms with Gasteiger partial charge in [0.05, 0.1) is 0 Å². The Morgan fingerprint density at radius 2 is 1.94 bits per heavy atom. The molecule has 2 nitrogen and oxygen atoms in total. The zero-order chi connectivity index (χ0) is 11.4. The summed E-state index contributed by atoms with van der Waals surface area (Å²) in [4.78, 5) is 3.98. The summed E-state index contributed by atoms with van der Waals surface area (Å²) in [5, 5.41) is 4.14. The SMILES string of the molecule is Cc1cc(Cl)ccc1NCc1ccncc1. The fraction of sp³-hybridized carbons (Fsp3) is 0.154. The fourth-order valence-electron chi connectivity index (χ4n) is 1.52. The van der Waals surface area contributed by atoms with E-state index in [0.717, 1.165) is 22.8 Å². The average molecular weight is 233 g/mol. The predicted molar refractivity (Wildman–Crippen MR) is 67.8 cm³/mol. The van der Waals surface area contributed by atoms with Crippen molar-refractivity contribution in [2.75, 3.05) is 5.32 Å². The number of pyridine rings is 1. The third-order valence-corrected chi connectivity index (χ3v) is 2.66. The van der Waals surface area contributed by atoms with E-state index in [1.54, 1.807) is 12.4 Å². The van der Waals surface area contributed by atoms with Gasteiger partial charge in [0.1, 0.15) is 0 Å². The first-order valence-corrected chi connectivity index (χ1v) is 5.52. The molecule has 1 aromatic heterocycles. The average Bonchev–Trinajstić information content (AvgIpc) is 2.29. The van der Waals surface area contributed by atoms with Gasteiger partial charge in [0, 0.05) is 29.6 Å². The van der Waals surface area contributed by atoms with Crippen LogP contribution < -0.4 is 5.32 Å². The highest BCUT2D eigenvalue weighted by atomic mass is 35.5. The molecule has 0 aliphatic carbocycles. The lowest BCUT2D eigenvalue weighted by molar-refractivity contribution is 1.12. The van der Waals surface area contributed by atoms with Gasteiger partial charge in [-0.05, 0) is 48.4 Å². The third kappa shape index (κ3) is 2.74. The molecule has 0 bridgehead atoms. The Kier molecular flexibility index (Phi) is 3.42. The van der Waals surface area contributed by atoms with Gasteiger partial charge in [0.2, 0.25) is 0 Å². The topological polar surface area (TPSA) is 24.9 Å². The van der Waals surface area contributed by atoms with Gasteiger partial charge in [0.25, 0.3) is 0 Å². The lowest BCUT2D eigenvalue weighted by atomic mass is 10.2. The lowest BCUT2D eigenvalue weighted by Crippen LogP contribution is -2.00. The van der Waals surface area contributed by atoms with Gasteiger partial charge >= 0.3 is 0 Å². The molecule has 1 heterocycles. The largest absolute Gasteiger partial charge is 0.381 e. The number of nitrogens with zero attached hydrogens (tertiary/aromatic N) is 1. The minimum absolute atomic E-state index is 0.770. The number of nitrogens with one attached hydrogen (secondary N) is 1. The van der Waals surface area contributed by atoms with Crippen molar-refractivity contribution in [3.8, 4) is 0 Å². The van der Waals surface area contributed by atoms with Crippen LogP contribution in [-0.2, 0) is 6.54 Å². The van der Waals surface area contributed by atoms with Gasteiger partial charge in [-0.15, -0.1) is 0 Å². The number of halogens is 1. The maximum absolute atomic E-state index is 5.90. The van der Waals surface area contributed by atoms with E-state index < -0.39 is 0 Å². The fourth-order valence-corrected chi connectivity index (χ4v) is 1.75. The minimum atomic E-state index is 0.770. The van der Waals surface area contributed by atoms with E-state index in [4.69, 9.17) is 11.6 Å².